The number of amides is 2. The van der Waals surface area contributed by atoms with Crippen LogP contribution in [0.1, 0.15) is 49.4 Å². The van der Waals surface area contributed by atoms with Crippen molar-refractivity contribution in [1.82, 2.24) is 14.7 Å². The van der Waals surface area contributed by atoms with Crippen LogP contribution in [0.2, 0.25) is 0 Å². The van der Waals surface area contributed by atoms with Crippen molar-refractivity contribution in [3.05, 3.63) is 29.8 Å². The lowest BCUT2D eigenvalue weighted by atomic mass is 9.79. The SMILES string of the molecule is CCCN(CC(=O)N1CCC(C2CCN(C)CC2)CC1)C(=O)c1ccc(OC)cc1. The number of carbonyl (C=O) groups excluding carboxylic acids is 2. The van der Waals surface area contributed by atoms with Crippen LogP contribution in [-0.2, 0) is 4.79 Å². The van der Waals surface area contributed by atoms with Crippen LogP contribution in [-0.4, -0.2) is 79.9 Å². The zero-order valence-corrected chi connectivity index (χ0v) is 18.8. The molecule has 2 aliphatic heterocycles. The summed E-state index contributed by atoms with van der Waals surface area (Å²) in [5.41, 5.74) is 0.595. The highest BCUT2D eigenvalue weighted by atomic mass is 16.5. The lowest BCUT2D eigenvalue weighted by molar-refractivity contribution is -0.133. The van der Waals surface area contributed by atoms with Crippen molar-refractivity contribution in [2.45, 2.75) is 39.0 Å². The first kappa shape index (κ1) is 22.6. The highest BCUT2D eigenvalue weighted by Gasteiger charge is 2.31. The van der Waals surface area contributed by atoms with E-state index in [0.717, 1.165) is 49.9 Å². The molecule has 6 nitrogen and oxygen atoms in total. The molecule has 2 saturated heterocycles. The number of ether oxygens (including phenoxy) is 1. The summed E-state index contributed by atoms with van der Waals surface area (Å²) in [4.78, 5) is 32.0. The summed E-state index contributed by atoms with van der Waals surface area (Å²) in [6.07, 6.45) is 5.60. The molecule has 0 saturated carbocycles. The minimum absolute atomic E-state index is 0.0761. The highest BCUT2D eigenvalue weighted by molar-refractivity contribution is 5.96. The van der Waals surface area contributed by atoms with Crippen molar-refractivity contribution in [2.75, 3.05) is 53.4 Å². The number of nitrogens with zero attached hydrogens (tertiary/aromatic N) is 3. The molecular weight excluding hydrogens is 378 g/mol. The van der Waals surface area contributed by atoms with E-state index in [-0.39, 0.29) is 18.4 Å². The van der Waals surface area contributed by atoms with Gasteiger partial charge in [-0.25, -0.2) is 0 Å². The van der Waals surface area contributed by atoms with Crippen LogP contribution in [0.25, 0.3) is 0 Å². The molecule has 2 fully saturated rings. The number of piperidine rings is 2. The van der Waals surface area contributed by atoms with Crippen LogP contribution < -0.4 is 4.74 Å². The van der Waals surface area contributed by atoms with Gasteiger partial charge in [-0.2, -0.15) is 0 Å². The number of methoxy groups -OCH3 is 1. The van der Waals surface area contributed by atoms with Gasteiger partial charge in [-0.15, -0.1) is 0 Å². The lowest BCUT2D eigenvalue weighted by Gasteiger charge is -2.39. The fourth-order valence-corrected chi connectivity index (χ4v) is 4.82. The van der Waals surface area contributed by atoms with Crippen LogP contribution in [0.4, 0.5) is 0 Å². The van der Waals surface area contributed by atoms with E-state index < -0.39 is 0 Å². The third kappa shape index (κ3) is 5.75. The first-order valence-corrected chi connectivity index (χ1v) is 11.4. The van der Waals surface area contributed by atoms with E-state index in [1.165, 1.54) is 25.9 Å². The fourth-order valence-electron chi connectivity index (χ4n) is 4.82. The molecule has 2 aliphatic rings. The molecule has 30 heavy (non-hydrogen) atoms. The van der Waals surface area contributed by atoms with Crippen molar-refractivity contribution >= 4 is 11.8 Å². The van der Waals surface area contributed by atoms with Gasteiger partial charge in [-0.1, -0.05) is 6.92 Å². The quantitative estimate of drug-likeness (QED) is 0.687. The van der Waals surface area contributed by atoms with E-state index in [9.17, 15) is 9.59 Å². The Kier molecular flexibility index (Phi) is 8.14. The van der Waals surface area contributed by atoms with Gasteiger partial charge < -0.3 is 19.4 Å². The molecule has 6 heteroatoms. The fraction of sp³-hybridized carbons (Fsp3) is 0.667. The van der Waals surface area contributed by atoms with Crippen molar-refractivity contribution in [3.63, 3.8) is 0 Å². The second-order valence-corrected chi connectivity index (χ2v) is 8.81. The largest absolute Gasteiger partial charge is 0.497 e. The topological polar surface area (TPSA) is 53.1 Å². The smallest absolute Gasteiger partial charge is 0.254 e. The van der Waals surface area contributed by atoms with Gasteiger partial charge in [0.1, 0.15) is 12.3 Å². The molecule has 0 unspecified atom stereocenters. The monoisotopic (exact) mass is 415 g/mol. The van der Waals surface area contributed by atoms with Gasteiger partial charge in [-0.05, 0) is 88.3 Å². The first-order valence-electron chi connectivity index (χ1n) is 11.4. The minimum atomic E-state index is -0.0888. The summed E-state index contributed by atoms with van der Waals surface area (Å²) in [6, 6.07) is 7.10. The van der Waals surface area contributed by atoms with Crippen LogP contribution in [0, 0.1) is 11.8 Å². The number of benzene rings is 1. The molecule has 0 radical (unpaired) electrons. The molecule has 166 valence electrons. The number of hydrogen-bond acceptors (Lipinski definition) is 4. The predicted octanol–water partition coefficient (Wildman–Crippen LogP) is 3.13. The lowest BCUT2D eigenvalue weighted by Crippen LogP contribution is -2.47. The van der Waals surface area contributed by atoms with E-state index in [1.807, 2.05) is 11.8 Å². The Hall–Kier alpha value is -2.08. The zero-order chi connectivity index (χ0) is 21.5. The van der Waals surface area contributed by atoms with Gasteiger partial charge in [0.25, 0.3) is 5.91 Å². The maximum atomic E-state index is 13.0. The Balaban J connectivity index is 1.53. The van der Waals surface area contributed by atoms with E-state index in [1.54, 1.807) is 36.3 Å². The Morgan fingerprint density at radius 3 is 2.10 bits per heavy atom. The molecule has 0 bridgehead atoms. The third-order valence-corrected chi connectivity index (χ3v) is 6.77. The maximum absolute atomic E-state index is 13.0. The van der Waals surface area contributed by atoms with E-state index in [4.69, 9.17) is 4.74 Å². The van der Waals surface area contributed by atoms with Crippen LogP contribution in [0.15, 0.2) is 24.3 Å². The van der Waals surface area contributed by atoms with Crippen LogP contribution >= 0.6 is 0 Å². The number of likely N-dealkylation sites (tertiary alicyclic amines) is 2. The van der Waals surface area contributed by atoms with Gasteiger partial charge in [-0.3, -0.25) is 9.59 Å². The molecule has 0 N–H and O–H groups in total. The van der Waals surface area contributed by atoms with Gasteiger partial charge >= 0.3 is 0 Å². The third-order valence-electron chi connectivity index (χ3n) is 6.77. The molecule has 1 aromatic carbocycles. The molecule has 2 heterocycles. The van der Waals surface area contributed by atoms with Crippen molar-refractivity contribution < 1.29 is 14.3 Å². The molecule has 1 aromatic rings. The highest BCUT2D eigenvalue weighted by Crippen LogP contribution is 2.32. The van der Waals surface area contributed by atoms with E-state index in [2.05, 4.69) is 11.9 Å². The predicted molar refractivity (Wildman–Crippen MR) is 119 cm³/mol. The van der Waals surface area contributed by atoms with Gasteiger partial charge in [0.05, 0.1) is 7.11 Å². The Morgan fingerprint density at radius 2 is 1.57 bits per heavy atom. The Bertz CT molecular complexity index is 690. The van der Waals surface area contributed by atoms with E-state index in [0.29, 0.717) is 12.1 Å². The second-order valence-electron chi connectivity index (χ2n) is 8.81. The molecule has 2 amide bonds. The normalized spacial score (nSPS) is 19.0. The maximum Gasteiger partial charge on any atom is 0.254 e. The average molecular weight is 416 g/mol. The van der Waals surface area contributed by atoms with Crippen molar-refractivity contribution in [2.24, 2.45) is 11.8 Å². The summed E-state index contributed by atoms with van der Waals surface area (Å²) >= 11 is 0. The molecular formula is C24H37N3O3. The van der Waals surface area contributed by atoms with Crippen LogP contribution in [0.5, 0.6) is 5.75 Å². The van der Waals surface area contributed by atoms with Gasteiger partial charge in [0.15, 0.2) is 0 Å². The average Bonchev–Trinajstić information content (AvgIpc) is 2.79. The Labute approximate surface area is 181 Å². The first-order chi connectivity index (χ1) is 14.5. The molecule has 0 aliphatic carbocycles. The summed E-state index contributed by atoms with van der Waals surface area (Å²) in [6.45, 7) is 6.83. The number of carbonyl (C=O) groups is 2. The summed E-state index contributed by atoms with van der Waals surface area (Å²) in [7, 11) is 3.81. The molecule has 0 spiro atoms. The molecule has 0 atom stereocenters. The standard InChI is InChI=1S/C24H37N3O3/c1-4-13-27(24(29)21-5-7-22(30-3)8-6-21)18-23(28)26-16-11-20(12-17-26)19-9-14-25(2)15-10-19/h5-8,19-20H,4,9-18H2,1-3H3. The Morgan fingerprint density at radius 1 is 1.00 bits per heavy atom. The minimum Gasteiger partial charge on any atom is -0.497 e. The molecule has 0 aromatic heterocycles. The van der Waals surface area contributed by atoms with Crippen molar-refractivity contribution in [1.29, 1.82) is 0 Å². The zero-order valence-electron chi connectivity index (χ0n) is 18.8. The van der Waals surface area contributed by atoms with Gasteiger partial charge in [0.2, 0.25) is 5.91 Å². The van der Waals surface area contributed by atoms with E-state index >= 15 is 0 Å². The van der Waals surface area contributed by atoms with Crippen LogP contribution in [0.3, 0.4) is 0 Å². The summed E-state index contributed by atoms with van der Waals surface area (Å²) < 4.78 is 5.17. The number of hydrogen-bond donors (Lipinski definition) is 0. The van der Waals surface area contributed by atoms with Gasteiger partial charge in [0, 0.05) is 25.2 Å². The second kappa shape index (κ2) is 10.8. The number of rotatable bonds is 7. The summed E-state index contributed by atoms with van der Waals surface area (Å²) in [5.74, 6) is 2.26. The summed E-state index contributed by atoms with van der Waals surface area (Å²) in [5, 5.41) is 0. The van der Waals surface area contributed by atoms with Crippen molar-refractivity contribution in [3.8, 4) is 5.75 Å². The molecule has 3 rings (SSSR count).